The van der Waals surface area contributed by atoms with Gasteiger partial charge in [0.05, 0.1) is 5.25 Å². The van der Waals surface area contributed by atoms with Crippen LogP contribution in [-0.2, 0) is 0 Å². The number of thioether (sulfide) groups is 1. The van der Waals surface area contributed by atoms with Crippen LogP contribution < -0.4 is 5.73 Å². The van der Waals surface area contributed by atoms with Gasteiger partial charge in [-0.15, -0.1) is 23.1 Å². The molecule has 1 heterocycles. The summed E-state index contributed by atoms with van der Waals surface area (Å²) in [6.45, 7) is 6.61. The third-order valence-electron chi connectivity index (χ3n) is 3.49. The van der Waals surface area contributed by atoms with Gasteiger partial charge in [0.25, 0.3) is 0 Å². The van der Waals surface area contributed by atoms with E-state index in [4.69, 9.17) is 5.73 Å². The summed E-state index contributed by atoms with van der Waals surface area (Å²) in [7, 11) is 0. The lowest BCUT2D eigenvalue weighted by Gasteiger charge is -2.21. The van der Waals surface area contributed by atoms with Gasteiger partial charge < -0.3 is 5.73 Å². The Kier molecular flexibility index (Phi) is 5.70. The summed E-state index contributed by atoms with van der Waals surface area (Å²) in [4.78, 5) is 2.67. The first kappa shape index (κ1) is 15.6. The first-order valence-electron chi connectivity index (χ1n) is 7.17. The van der Waals surface area contributed by atoms with E-state index in [-0.39, 0.29) is 6.04 Å². The third-order valence-corrected chi connectivity index (χ3v) is 6.00. The van der Waals surface area contributed by atoms with Crippen molar-refractivity contribution < 1.29 is 0 Å². The molecule has 20 heavy (non-hydrogen) atoms. The second-order valence-corrected chi connectivity index (χ2v) is 7.54. The van der Waals surface area contributed by atoms with Crippen molar-refractivity contribution in [2.75, 3.05) is 0 Å². The molecule has 2 rings (SSSR count). The molecule has 0 saturated heterocycles. The molecule has 0 aliphatic rings. The van der Waals surface area contributed by atoms with Crippen LogP contribution in [0.5, 0.6) is 0 Å². The molecule has 2 N–H and O–H groups in total. The third kappa shape index (κ3) is 3.87. The Labute approximate surface area is 130 Å². The molecule has 1 aromatic heterocycles. The lowest BCUT2D eigenvalue weighted by molar-refractivity contribution is 0.640. The molecule has 0 aliphatic heterocycles. The van der Waals surface area contributed by atoms with Gasteiger partial charge in [0.15, 0.2) is 0 Å². The molecule has 0 saturated carbocycles. The number of hydrogen-bond acceptors (Lipinski definition) is 3. The van der Waals surface area contributed by atoms with Gasteiger partial charge >= 0.3 is 0 Å². The zero-order chi connectivity index (χ0) is 14.5. The highest BCUT2D eigenvalue weighted by Crippen LogP contribution is 2.40. The van der Waals surface area contributed by atoms with Gasteiger partial charge in [-0.1, -0.05) is 39.0 Å². The van der Waals surface area contributed by atoms with Gasteiger partial charge in [-0.05, 0) is 41.5 Å². The van der Waals surface area contributed by atoms with Crippen molar-refractivity contribution in [3.8, 4) is 0 Å². The number of benzene rings is 1. The second-order valence-electron chi connectivity index (χ2n) is 5.35. The molecule has 1 nitrogen and oxygen atoms in total. The van der Waals surface area contributed by atoms with E-state index in [1.807, 2.05) is 11.8 Å². The van der Waals surface area contributed by atoms with Crippen molar-refractivity contribution in [2.45, 2.75) is 49.3 Å². The number of hydrogen-bond donors (Lipinski definition) is 1. The Morgan fingerprint density at radius 3 is 2.35 bits per heavy atom. The molecule has 0 spiro atoms. The van der Waals surface area contributed by atoms with E-state index < -0.39 is 0 Å². The number of rotatable bonds is 6. The Balaban J connectivity index is 2.15. The molecule has 2 atom stereocenters. The van der Waals surface area contributed by atoms with Crippen LogP contribution in [-0.4, -0.2) is 6.04 Å². The Morgan fingerprint density at radius 2 is 1.85 bits per heavy atom. The van der Waals surface area contributed by atoms with Gasteiger partial charge in [0.1, 0.15) is 0 Å². The van der Waals surface area contributed by atoms with Crippen molar-refractivity contribution in [3.63, 3.8) is 0 Å². The largest absolute Gasteiger partial charge is 0.326 e. The lowest BCUT2D eigenvalue weighted by atomic mass is 10.0. The van der Waals surface area contributed by atoms with Crippen molar-refractivity contribution in [3.05, 3.63) is 52.2 Å². The maximum absolute atomic E-state index is 6.32. The fourth-order valence-electron chi connectivity index (χ4n) is 2.10. The van der Waals surface area contributed by atoms with Crippen LogP contribution in [0.1, 0.15) is 48.8 Å². The molecular formula is C17H23NS2. The maximum atomic E-state index is 6.32. The Bertz CT molecular complexity index is 502. The molecule has 3 heteroatoms. The van der Waals surface area contributed by atoms with Crippen LogP contribution in [0.25, 0.3) is 0 Å². The van der Waals surface area contributed by atoms with Crippen molar-refractivity contribution in [1.82, 2.24) is 0 Å². The van der Waals surface area contributed by atoms with E-state index in [0.29, 0.717) is 11.2 Å². The highest BCUT2D eigenvalue weighted by atomic mass is 32.2. The number of thiophene rings is 1. The van der Waals surface area contributed by atoms with Crippen LogP contribution in [0.4, 0.5) is 0 Å². The standard InChI is InChI=1S/C17H23NS2/c1-4-15(18)17(16-6-5-11-19-16)20-14-9-7-13(8-10-14)12(2)3/h5-12,15,17H,4,18H2,1-3H3. The average Bonchev–Trinajstić information content (AvgIpc) is 2.98. The first-order valence-corrected chi connectivity index (χ1v) is 8.93. The van der Waals surface area contributed by atoms with Gasteiger partial charge in [-0.2, -0.15) is 0 Å². The fraction of sp³-hybridized carbons (Fsp3) is 0.412. The van der Waals surface area contributed by atoms with Crippen LogP contribution >= 0.6 is 23.1 Å². The lowest BCUT2D eigenvalue weighted by Crippen LogP contribution is -2.25. The van der Waals surface area contributed by atoms with E-state index in [9.17, 15) is 0 Å². The smallest absolute Gasteiger partial charge is 0.0589 e. The van der Waals surface area contributed by atoms with E-state index in [2.05, 4.69) is 62.5 Å². The van der Waals surface area contributed by atoms with Crippen LogP contribution in [0.15, 0.2) is 46.7 Å². The first-order chi connectivity index (χ1) is 9.61. The van der Waals surface area contributed by atoms with Gasteiger partial charge in [-0.3, -0.25) is 0 Å². The summed E-state index contributed by atoms with van der Waals surface area (Å²) in [6, 6.07) is 13.4. The van der Waals surface area contributed by atoms with Crippen LogP contribution in [0.2, 0.25) is 0 Å². The molecule has 2 unspecified atom stereocenters. The minimum Gasteiger partial charge on any atom is -0.326 e. The van der Waals surface area contributed by atoms with Crippen LogP contribution in [0, 0.1) is 0 Å². The number of nitrogens with two attached hydrogens (primary N) is 1. The highest BCUT2D eigenvalue weighted by Gasteiger charge is 2.20. The van der Waals surface area contributed by atoms with E-state index in [1.54, 1.807) is 11.3 Å². The SMILES string of the molecule is CCC(N)C(Sc1ccc(C(C)C)cc1)c1cccs1. The summed E-state index contributed by atoms with van der Waals surface area (Å²) in [5.41, 5.74) is 7.71. The maximum Gasteiger partial charge on any atom is 0.0589 e. The van der Waals surface area contributed by atoms with Gasteiger partial charge in [-0.25, -0.2) is 0 Å². The van der Waals surface area contributed by atoms with E-state index in [0.717, 1.165) is 6.42 Å². The minimum atomic E-state index is 0.198. The predicted molar refractivity (Wildman–Crippen MR) is 91.7 cm³/mol. The zero-order valence-corrected chi connectivity index (χ0v) is 14.0. The monoisotopic (exact) mass is 305 g/mol. The summed E-state index contributed by atoms with van der Waals surface area (Å²) in [5.74, 6) is 0.583. The Hall–Kier alpha value is -0.770. The minimum absolute atomic E-state index is 0.198. The molecule has 0 aliphatic carbocycles. The fourth-order valence-corrected chi connectivity index (χ4v) is 4.34. The van der Waals surface area contributed by atoms with Crippen molar-refractivity contribution in [2.24, 2.45) is 5.73 Å². The van der Waals surface area contributed by atoms with E-state index in [1.165, 1.54) is 15.3 Å². The van der Waals surface area contributed by atoms with E-state index >= 15 is 0 Å². The summed E-state index contributed by atoms with van der Waals surface area (Å²) in [5, 5.41) is 2.48. The molecule has 1 aromatic carbocycles. The molecule has 0 fully saturated rings. The quantitative estimate of drug-likeness (QED) is 0.719. The molecule has 108 valence electrons. The van der Waals surface area contributed by atoms with Gasteiger partial charge in [0, 0.05) is 15.8 Å². The zero-order valence-electron chi connectivity index (χ0n) is 12.4. The molecular weight excluding hydrogens is 282 g/mol. The normalized spacial score (nSPS) is 14.4. The average molecular weight is 306 g/mol. The van der Waals surface area contributed by atoms with Crippen molar-refractivity contribution >= 4 is 23.1 Å². The van der Waals surface area contributed by atoms with Gasteiger partial charge in [0.2, 0.25) is 0 Å². The molecule has 0 amide bonds. The Morgan fingerprint density at radius 1 is 1.15 bits per heavy atom. The summed E-state index contributed by atoms with van der Waals surface area (Å²) < 4.78 is 0. The highest BCUT2D eigenvalue weighted by molar-refractivity contribution is 7.99. The molecule has 0 bridgehead atoms. The second kappa shape index (κ2) is 7.30. The van der Waals surface area contributed by atoms with Crippen molar-refractivity contribution in [1.29, 1.82) is 0 Å². The summed E-state index contributed by atoms with van der Waals surface area (Å²) in [6.07, 6.45) is 1.000. The predicted octanol–water partition coefficient (Wildman–Crippen LogP) is 5.44. The van der Waals surface area contributed by atoms with Crippen LogP contribution in [0.3, 0.4) is 0 Å². The molecule has 2 aromatic rings. The molecule has 0 radical (unpaired) electrons. The topological polar surface area (TPSA) is 26.0 Å². The summed E-state index contributed by atoms with van der Waals surface area (Å²) >= 11 is 3.69.